The predicted molar refractivity (Wildman–Crippen MR) is 120 cm³/mol. The number of nitrogens with zero attached hydrogens (tertiary/aromatic N) is 4. The van der Waals surface area contributed by atoms with E-state index in [1.807, 2.05) is 22.9 Å². The molecule has 0 spiro atoms. The summed E-state index contributed by atoms with van der Waals surface area (Å²) in [5.41, 5.74) is 1.20. The first-order valence-electron chi connectivity index (χ1n) is 8.99. The van der Waals surface area contributed by atoms with E-state index in [-0.39, 0.29) is 24.0 Å². The molecule has 0 aliphatic carbocycles. The van der Waals surface area contributed by atoms with Crippen molar-refractivity contribution in [2.24, 2.45) is 4.99 Å². The number of guanidine groups is 1. The molecule has 0 fully saturated rings. The van der Waals surface area contributed by atoms with Crippen molar-refractivity contribution in [1.82, 2.24) is 25.2 Å². The molecule has 0 saturated heterocycles. The predicted octanol–water partition coefficient (Wildman–Crippen LogP) is 3.81. The van der Waals surface area contributed by atoms with Crippen molar-refractivity contribution in [3.63, 3.8) is 0 Å². The lowest BCUT2D eigenvalue weighted by molar-refractivity contribution is -0.137. The minimum Gasteiger partial charge on any atom is -0.356 e. The molecule has 0 aliphatic heterocycles. The number of aliphatic imine (C=N–C) groups is 1. The normalized spacial score (nSPS) is 11.7. The van der Waals surface area contributed by atoms with E-state index in [2.05, 4.69) is 25.6 Å². The molecule has 0 radical (unpaired) electrons. The van der Waals surface area contributed by atoms with Crippen LogP contribution in [0.2, 0.25) is 0 Å². The summed E-state index contributed by atoms with van der Waals surface area (Å²) in [5.74, 6) is 1.38. The van der Waals surface area contributed by atoms with Crippen LogP contribution in [-0.4, -0.2) is 34.1 Å². The second-order valence-corrected chi connectivity index (χ2v) is 6.29. The van der Waals surface area contributed by atoms with Crippen LogP contribution in [0.5, 0.6) is 0 Å². The van der Waals surface area contributed by atoms with Gasteiger partial charge in [-0.1, -0.05) is 12.1 Å². The fourth-order valence-electron chi connectivity index (χ4n) is 2.70. The minimum atomic E-state index is -4.31. The Morgan fingerprint density at radius 3 is 2.47 bits per heavy atom. The van der Waals surface area contributed by atoms with Crippen molar-refractivity contribution >= 4 is 29.9 Å². The maximum Gasteiger partial charge on any atom is 0.416 e. The van der Waals surface area contributed by atoms with E-state index in [1.165, 1.54) is 12.1 Å². The number of pyridine rings is 1. The molecular formula is C20H22F3IN6. The number of hydrogen-bond acceptors (Lipinski definition) is 3. The number of halogens is 4. The molecule has 2 heterocycles. The summed E-state index contributed by atoms with van der Waals surface area (Å²) in [4.78, 5) is 12.5. The molecule has 1 aromatic carbocycles. The third-order valence-corrected chi connectivity index (χ3v) is 4.25. The summed E-state index contributed by atoms with van der Waals surface area (Å²) in [7, 11) is 1.66. The molecule has 10 heteroatoms. The molecule has 160 valence electrons. The van der Waals surface area contributed by atoms with Crippen LogP contribution >= 0.6 is 24.0 Å². The molecule has 0 amide bonds. The Kier molecular flexibility index (Phi) is 8.63. The molecule has 0 saturated carbocycles. The summed E-state index contributed by atoms with van der Waals surface area (Å²) >= 11 is 0. The van der Waals surface area contributed by atoms with Gasteiger partial charge in [-0.15, -0.1) is 24.0 Å². The van der Waals surface area contributed by atoms with Gasteiger partial charge in [0.25, 0.3) is 0 Å². The van der Waals surface area contributed by atoms with Crippen LogP contribution in [0.15, 0.2) is 66.3 Å². The standard InChI is InChI=1S/C20H21F3N6.HI/c1-24-19(27-9-6-15-2-4-17(5-3-15)20(21,22)23)28-13-16-7-8-26-18(12-16)29-11-10-25-14-29;/h2-5,7-8,10-12,14H,6,9,13H2,1H3,(H2,24,27,28);1H. The van der Waals surface area contributed by atoms with Crippen molar-refractivity contribution in [3.05, 3.63) is 78.0 Å². The highest BCUT2D eigenvalue weighted by Crippen LogP contribution is 2.29. The van der Waals surface area contributed by atoms with Crippen LogP contribution in [0.1, 0.15) is 16.7 Å². The lowest BCUT2D eigenvalue weighted by atomic mass is 10.1. The first-order valence-corrected chi connectivity index (χ1v) is 8.99. The Labute approximate surface area is 189 Å². The zero-order valence-electron chi connectivity index (χ0n) is 16.2. The van der Waals surface area contributed by atoms with Crippen LogP contribution in [0.3, 0.4) is 0 Å². The van der Waals surface area contributed by atoms with E-state index in [4.69, 9.17) is 0 Å². The highest BCUT2D eigenvalue weighted by Gasteiger charge is 2.29. The van der Waals surface area contributed by atoms with Gasteiger partial charge in [0.05, 0.1) is 5.56 Å². The van der Waals surface area contributed by atoms with Crippen LogP contribution < -0.4 is 10.6 Å². The van der Waals surface area contributed by atoms with E-state index in [0.717, 1.165) is 29.1 Å². The Balaban J connectivity index is 0.00000320. The van der Waals surface area contributed by atoms with Gasteiger partial charge in [0, 0.05) is 38.7 Å². The number of benzene rings is 1. The summed E-state index contributed by atoms with van der Waals surface area (Å²) in [6.45, 7) is 1.09. The van der Waals surface area contributed by atoms with Gasteiger partial charge < -0.3 is 10.6 Å². The third kappa shape index (κ3) is 6.71. The average molecular weight is 530 g/mol. The molecule has 30 heavy (non-hydrogen) atoms. The van der Waals surface area contributed by atoms with E-state index in [9.17, 15) is 13.2 Å². The summed E-state index contributed by atoms with van der Waals surface area (Å²) < 4.78 is 39.6. The summed E-state index contributed by atoms with van der Waals surface area (Å²) in [6.07, 6.45) is 3.19. The average Bonchev–Trinajstić information content (AvgIpc) is 3.25. The van der Waals surface area contributed by atoms with E-state index in [0.29, 0.717) is 25.5 Å². The first kappa shape index (κ1) is 23.6. The molecule has 0 aliphatic rings. The van der Waals surface area contributed by atoms with Gasteiger partial charge in [0.1, 0.15) is 12.1 Å². The molecular weight excluding hydrogens is 508 g/mol. The van der Waals surface area contributed by atoms with Gasteiger partial charge in [-0.05, 0) is 41.8 Å². The molecule has 0 unspecified atom stereocenters. The minimum absolute atomic E-state index is 0. The van der Waals surface area contributed by atoms with Crippen molar-refractivity contribution < 1.29 is 13.2 Å². The van der Waals surface area contributed by atoms with Crippen LogP contribution in [0.4, 0.5) is 13.2 Å². The van der Waals surface area contributed by atoms with E-state index >= 15 is 0 Å². The monoisotopic (exact) mass is 530 g/mol. The van der Waals surface area contributed by atoms with Gasteiger partial charge in [-0.25, -0.2) is 9.97 Å². The molecule has 6 nitrogen and oxygen atoms in total. The molecule has 3 rings (SSSR count). The Morgan fingerprint density at radius 2 is 1.83 bits per heavy atom. The highest BCUT2D eigenvalue weighted by molar-refractivity contribution is 14.0. The zero-order valence-corrected chi connectivity index (χ0v) is 18.6. The second kappa shape index (κ2) is 11.0. The quantitative estimate of drug-likeness (QED) is 0.289. The van der Waals surface area contributed by atoms with Crippen molar-refractivity contribution in [2.45, 2.75) is 19.1 Å². The fraction of sp³-hybridized carbons (Fsp3) is 0.250. The van der Waals surface area contributed by atoms with Crippen LogP contribution in [0, 0.1) is 0 Å². The Morgan fingerprint density at radius 1 is 1.07 bits per heavy atom. The topological polar surface area (TPSA) is 67.1 Å². The molecule has 0 atom stereocenters. The fourth-order valence-corrected chi connectivity index (χ4v) is 2.70. The number of hydrogen-bond donors (Lipinski definition) is 2. The smallest absolute Gasteiger partial charge is 0.356 e. The molecule has 2 N–H and O–H groups in total. The van der Waals surface area contributed by atoms with Gasteiger partial charge >= 0.3 is 6.18 Å². The second-order valence-electron chi connectivity index (χ2n) is 6.29. The molecule has 0 bridgehead atoms. The maximum atomic E-state index is 12.6. The van der Waals surface area contributed by atoms with E-state index < -0.39 is 11.7 Å². The number of alkyl halides is 3. The van der Waals surface area contributed by atoms with Crippen molar-refractivity contribution in [3.8, 4) is 5.82 Å². The molecule has 3 aromatic rings. The third-order valence-electron chi connectivity index (χ3n) is 4.25. The number of nitrogens with one attached hydrogen (secondary N) is 2. The number of aromatic nitrogens is 3. The van der Waals surface area contributed by atoms with Crippen LogP contribution in [0.25, 0.3) is 5.82 Å². The number of rotatable bonds is 6. The van der Waals surface area contributed by atoms with Gasteiger partial charge in [0.15, 0.2) is 5.96 Å². The number of imidazole rings is 1. The Bertz CT molecular complexity index is 940. The SMILES string of the molecule is CN=C(NCCc1ccc(C(F)(F)F)cc1)NCc1ccnc(-n2ccnc2)c1.I. The molecule has 2 aromatic heterocycles. The van der Waals surface area contributed by atoms with Gasteiger partial charge in [0.2, 0.25) is 0 Å². The van der Waals surface area contributed by atoms with Gasteiger partial charge in [-0.3, -0.25) is 9.56 Å². The summed E-state index contributed by atoms with van der Waals surface area (Å²) in [5, 5.41) is 6.37. The van der Waals surface area contributed by atoms with E-state index in [1.54, 1.807) is 25.8 Å². The highest BCUT2D eigenvalue weighted by atomic mass is 127. The van der Waals surface area contributed by atoms with Gasteiger partial charge in [-0.2, -0.15) is 13.2 Å². The zero-order chi connectivity index (χ0) is 20.7. The largest absolute Gasteiger partial charge is 0.416 e. The van der Waals surface area contributed by atoms with Crippen molar-refractivity contribution in [1.29, 1.82) is 0 Å². The lowest BCUT2D eigenvalue weighted by Gasteiger charge is -2.13. The van der Waals surface area contributed by atoms with Crippen LogP contribution in [-0.2, 0) is 19.1 Å². The Hall–Kier alpha value is -2.63. The summed E-state index contributed by atoms with van der Waals surface area (Å²) in [6, 6.07) is 9.05. The maximum absolute atomic E-state index is 12.6. The first-order chi connectivity index (χ1) is 14.0. The lowest BCUT2D eigenvalue weighted by Crippen LogP contribution is -2.37. The van der Waals surface area contributed by atoms with Crippen molar-refractivity contribution in [2.75, 3.05) is 13.6 Å².